The minimum atomic E-state index is -5.61. The van der Waals surface area contributed by atoms with E-state index in [1.165, 1.54) is 36.4 Å². The van der Waals surface area contributed by atoms with Crippen LogP contribution in [0.25, 0.3) is 22.5 Å². The van der Waals surface area contributed by atoms with E-state index < -0.39 is 111 Å². The Bertz CT molecular complexity index is 2470. The Hall–Kier alpha value is -5.44. The number of nitrogens with two attached hydrogens (primary N) is 2. The van der Waals surface area contributed by atoms with Gasteiger partial charge in [-0.3, -0.25) is 9.11 Å². The largest absolute Gasteiger partial charge is 0.416 e. The Balaban J connectivity index is 1.64. The van der Waals surface area contributed by atoms with E-state index in [4.69, 9.17) is 14.3 Å². The number of benzene rings is 4. The van der Waals surface area contributed by atoms with Gasteiger partial charge in [0.05, 0.1) is 33.9 Å². The van der Waals surface area contributed by atoms with E-state index in [0.29, 0.717) is 24.3 Å². The second kappa shape index (κ2) is 12.6. The van der Waals surface area contributed by atoms with Gasteiger partial charge in [0, 0.05) is 24.0 Å². The van der Waals surface area contributed by atoms with Crippen LogP contribution >= 0.6 is 0 Å². The van der Waals surface area contributed by atoms with Crippen molar-refractivity contribution < 1.29 is 55.1 Å². The van der Waals surface area contributed by atoms with E-state index in [-0.39, 0.29) is 22.5 Å². The SMILES string of the molecule is [H]/N=N/C1=C(N)c2ccccc2C(c2ccc(-c3ccc(C4(S(=O)(=O)O)CC(/N=N/[H])=C(N)c5ccccc54)c(C(F)(F)F)c3)cc2C(F)(F)F)(S(=O)(=O)O)C1. The molecule has 2 aliphatic carbocycles. The van der Waals surface area contributed by atoms with Gasteiger partial charge in [0.2, 0.25) is 2.82 Å². The van der Waals surface area contributed by atoms with Crippen molar-refractivity contribution in [2.75, 3.05) is 0 Å². The number of hydrogen-bond donors (Lipinski definition) is 6. The summed E-state index contributed by atoms with van der Waals surface area (Å²) in [6.45, 7) is 0. The van der Waals surface area contributed by atoms with Crippen LogP contribution in [0.1, 0.15) is 57.3 Å². The second-order valence-corrected chi connectivity index (χ2v) is 15.8. The zero-order chi connectivity index (χ0) is 41.2. The molecule has 4 aromatic carbocycles. The van der Waals surface area contributed by atoms with Crippen LogP contribution in [0.15, 0.2) is 107 Å². The summed E-state index contributed by atoms with van der Waals surface area (Å²) in [5.41, 5.74) is 8.76. The number of halogens is 6. The summed E-state index contributed by atoms with van der Waals surface area (Å²) in [5, 5.41) is 6.96. The molecule has 8 N–H and O–H groups in total. The second-order valence-electron chi connectivity index (χ2n) is 12.5. The van der Waals surface area contributed by atoms with E-state index in [9.17, 15) is 25.9 Å². The summed E-state index contributed by atoms with van der Waals surface area (Å²) < 4.78 is 174. The zero-order valence-corrected chi connectivity index (χ0v) is 28.7. The standard InChI is InChI=1S/C34H26F6N6O6S2/c35-33(36,37)25-13-17(9-11-23(25)31(53(47,48)49)15-27(45-43)29(41)19-5-1-3-7-21(19)31)18-10-12-24(26(14-18)34(38,39)40)32(54(50,51)52)16-28(46-44)30(42)20-6-2-4-8-22(20)32/h1-14,43-44H,15-16,41-42H2,(H,47,48,49)(H,50,51,52)/b45-43+,46-44+. The normalized spacial score (nSPS) is 21.6. The Morgan fingerprint density at radius 2 is 0.963 bits per heavy atom. The number of allylic oxidation sites excluding steroid dienone is 2. The highest BCUT2D eigenvalue weighted by molar-refractivity contribution is 7.87. The van der Waals surface area contributed by atoms with E-state index in [2.05, 4.69) is 21.3 Å². The van der Waals surface area contributed by atoms with Gasteiger partial charge in [-0.2, -0.15) is 53.4 Å². The molecular weight excluding hydrogens is 767 g/mol. The molecule has 2 atom stereocenters. The van der Waals surface area contributed by atoms with Gasteiger partial charge in [0.25, 0.3) is 20.2 Å². The van der Waals surface area contributed by atoms with Crippen molar-refractivity contribution >= 4 is 31.6 Å². The van der Waals surface area contributed by atoms with Crippen LogP contribution in [0, 0.1) is 11.0 Å². The Labute approximate surface area is 305 Å². The van der Waals surface area contributed by atoms with Crippen LogP contribution in [0.2, 0.25) is 2.82 Å². The predicted octanol–water partition coefficient (Wildman–Crippen LogP) is 7.78. The molecule has 54 heavy (non-hydrogen) atoms. The van der Waals surface area contributed by atoms with Crippen LogP contribution in [-0.2, 0) is 42.1 Å². The summed E-state index contributed by atoms with van der Waals surface area (Å²) >= 11 is 0. The molecule has 2 aliphatic rings. The first-order chi connectivity index (χ1) is 26.0. The minimum Gasteiger partial charge on any atom is -0.397 e. The van der Waals surface area contributed by atoms with Gasteiger partial charge in [-0.05, 0) is 45.5 Å². The number of nitrogens with one attached hydrogen (secondary N) is 2. The molecule has 2 unspecified atom stereocenters. The van der Waals surface area contributed by atoms with Crippen LogP contribution in [-0.4, -0.2) is 25.9 Å². The Morgan fingerprint density at radius 3 is 1.28 bits per heavy atom. The Morgan fingerprint density at radius 1 is 0.611 bits per heavy atom. The van der Waals surface area contributed by atoms with Crippen molar-refractivity contribution in [2.45, 2.75) is 34.7 Å². The molecule has 12 nitrogen and oxygen atoms in total. The molecule has 0 fully saturated rings. The summed E-state index contributed by atoms with van der Waals surface area (Å²) in [7, 11) is -11.2. The number of hydrogen-bond acceptors (Lipinski definition) is 10. The lowest BCUT2D eigenvalue weighted by atomic mass is 9.76. The van der Waals surface area contributed by atoms with E-state index in [0.717, 1.165) is 24.3 Å². The molecular formula is C34H26F6N6O6S2. The third kappa shape index (κ3) is 5.67. The molecule has 0 aromatic heterocycles. The first kappa shape index (κ1) is 35.6. The monoisotopic (exact) mass is 792 g/mol. The number of nitrogens with zero attached hydrogens (tertiary/aromatic N) is 2. The molecule has 282 valence electrons. The lowest BCUT2D eigenvalue weighted by molar-refractivity contribution is -0.139. The fourth-order valence-electron chi connectivity index (χ4n) is 7.32. The fourth-order valence-corrected chi connectivity index (χ4v) is 9.78. The highest BCUT2D eigenvalue weighted by Crippen LogP contribution is 2.55. The van der Waals surface area contributed by atoms with Crippen LogP contribution in [0.5, 0.6) is 0 Å². The van der Waals surface area contributed by atoms with E-state index in [1.54, 1.807) is 0 Å². The van der Waals surface area contributed by atoms with Crippen molar-refractivity contribution in [3.8, 4) is 11.1 Å². The third-order valence-corrected chi connectivity index (χ3v) is 12.7. The average molecular weight is 793 g/mol. The fraction of sp³-hybridized carbons (Fsp3) is 0.176. The summed E-state index contributed by atoms with van der Waals surface area (Å²) in [6, 6.07) is 13.8. The quantitative estimate of drug-likeness (QED) is 0.0613. The molecule has 0 amide bonds. The smallest absolute Gasteiger partial charge is 0.397 e. The van der Waals surface area contributed by atoms with Crippen LogP contribution in [0.3, 0.4) is 0 Å². The van der Waals surface area contributed by atoms with Gasteiger partial charge < -0.3 is 11.5 Å². The van der Waals surface area contributed by atoms with Crippen molar-refractivity contribution in [3.05, 3.63) is 141 Å². The number of fused-ring (bicyclic) bond motifs is 2. The molecule has 0 spiro atoms. The molecule has 0 aliphatic heterocycles. The predicted molar refractivity (Wildman–Crippen MR) is 181 cm³/mol. The van der Waals surface area contributed by atoms with Crippen molar-refractivity contribution in [3.63, 3.8) is 0 Å². The Kier molecular flexibility index (Phi) is 8.28. The zero-order valence-electron chi connectivity index (χ0n) is 29.1. The van der Waals surface area contributed by atoms with Gasteiger partial charge in [-0.1, -0.05) is 72.8 Å². The van der Waals surface area contributed by atoms with Gasteiger partial charge in [0.15, 0.2) is 9.49 Å². The molecule has 0 saturated carbocycles. The highest BCUT2D eigenvalue weighted by atomic mass is 32.2. The number of alkyl halides is 6. The maximum absolute atomic E-state index is 15.1. The molecule has 0 heterocycles. The van der Waals surface area contributed by atoms with E-state index >= 15 is 26.3 Å². The lowest BCUT2D eigenvalue weighted by Crippen LogP contribution is -2.42. The molecule has 4 aromatic rings. The topological polar surface area (TPSA) is 233 Å². The molecule has 6 rings (SSSR count). The maximum Gasteiger partial charge on any atom is 0.416 e. The van der Waals surface area contributed by atoms with E-state index in [1.807, 2.05) is 0 Å². The van der Waals surface area contributed by atoms with Crippen molar-refractivity contribution in [2.24, 2.45) is 21.7 Å². The molecule has 0 bridgehead atoms. The summed E-state index contributed by atoms with van der Waals surface area (Å²) in [5.74, 6) is 0. The average Bonchev–Trinajstić information content (AvgIpc) is 3.12. The first-order valence-electron chi connectivity index (χ1n) is 16.2. The molecule has 0 saturated heterocycles. The molecule has 20 heteroatoms. The van der Waals surface area contributed by atoms with Gasteiger partial charge in [-0.15, -0.1) is 0 Å². The van der Waals surface area contributed by atoms with Crippen molar-refractivity contribution in [1.29, 1.82) is 11.0 Å². The van der Waals surface area contributed by atoms with Crippen molar-refractivity contribution in [1.82, 2.24) is 0 Å². The van der Waals surface area contributed by atoms with Gasteiger partial charge >= 0.3 is 12.4 Å². The first-order valence-corrected chi connectivity index (χ1v) is 18.2. The highest BCUT2D eigenvalue weighted by Gasteiger charge is 2.56. The van der Waals surface area contributed by atoms with Crippen LogP contribution < -0.4 is 11.5 Å². The minimum absolute atomic E-state index is 0.151. The maximum atomic E-state index is 15.1. The molecule has 0 radical (unpaired) electrons. The lowest BCUT2D eigenvalue weighted by Gasteiger charge is -2.38. The van der Waals surface area contributed by atoms with Gasteiger partial charge in [0.1, 0.15) is 0 Å². The third-order valence-electron chi connectivity index (χ3n) is 9.73. The van der Waals surface area contributed by atoms with Gasteiger partial charge in [-0.25, -0.2) is 11.0 Å². The summed E-state index contributed by atoms with van der Waals surface area (Å²) in [6.07, 6.45) is -12.9. The summed E-state index contributed by atoms with van der Waals surface area (Å²) in [4.78, 5) is 0. The van der Waals surface area contributed by atoms with Crippen LogP contribution in [0.4, 0.5) is 26.3 Å². The number of rotatable bonds is 7.